The molecule has 3 unspecified atom stereocenters. The number of fused-ring (bicyclic) bond motifs is 1. The summed E-state index contributed by atoms with van der Waals surface area (Å²) in [5.41, 5.74) is 14.9. The Bertz CT molecular complexity index is 763. The summed E-state index contributed by atoms with van der Waals surface area (Å²) < 4.78 is 0. The minimum absolute atomic E-state index is 0.0348. The molecule has 0 spiro atoms. The quantitative estimate of drug-likeness (QED) is 0.763. The van der Waals surface area contributed by atoms with Gasteiger partial charge >= 0.3 is 0 Å². The van der Waals surface area contributed by atoms with Gasteiger partial charge in [-0.25, -0.2) is 0 Å². The number of hydrogen-bond donors (Lipinski definition) is 3. The number of amides is 1. The predicted molar refractivity (Wildman–Crippen MR) is 112 cm³/mol. The van der Waals surface area contributed by atoms with Crippen LogP contribution in [0.2, 0.25) is 0 Å². The molecule has 2 fully saturated rings. The van der Waals surface area contributed by atoms with E-state index in [4.69, 9.17) is 5.73 Å². The second-order valence-electron chi connectivity index (χ2n) is 8.65. The van der Waals surface area contributed by atoms with Crippen molar-refractivity contribution in [2.75, 3.05) is 13.1 Å². The summed E-state index contributed by atoms with van der Waals surface area (Å²) in [5.74, 6) is 0.573. The van der Waals surface area contributed by atoms with E-state index in [1.807, 2.05) is 4.90 Å². The van der Waals surface area contributed by atoms with E-state index in [0.717, 1.165) is 19.5 Å². The van der Waals surface area contributed by atoms with Gasteiger partial charge in [-0.1, -0.05) is 60.7 Å². The van der Waals surface area contributed by atoms with Gasteiger partial charge < -0.3 is 10.6 Å². The number of hydrazine groups is 1. The van der Waals surface area contributed by atoms with E-state index in [9.17, 15) is 4.79 Å². The molecule has 0 bridgehead atoms. The van der Waals surface area contributed by atoms with E-state index in [-0.39, 0.29) is 17.9 Å². The molecule has 2 aliphatic heterocycles. The van der Waals surface area contributed by atoms with Gasteiger partial charge in [-0.15, -0.1) is 0 Å². The summed E-state index contributed by atoms with van der Waals surface area (Å²) in [4.78, 5) is 14.7. The van der Waals surface area contributed by atoms with Gasteiger partial charge in [-0.2, -0.15) is 0 Å². The van der Waals surface area contributed by atoms with Crippen molar-refractivity contribution in [1.29, 1.82) is 0 Å². The minimum atomic E-state index is -0.833. The first-order chi connectivity index (χ1) is 13.4. The summed E-state index contributed by atoms with van der Waals surface area (Å²) >= 11 is 0. The Hall–Kier alpha value is -2.21. The number of carbonyl (C=O) groups excluding carboxylic acids is 1. The molecule has 2 aromatic carbocycles. The molecule has 0 radical (unpaired) electrons. The topological polar surface area (TPSA) is 70.4 Å². The van der Waals surface area contributed by atoms with Crippen molar-refractivity contribution in [3.05, 3.63) is 71.8 Å². The molecule has 0 aliphatic carbocycles. The van der Waals surface area contributed by atoms with Gasteiger partial charge in [0.25, 0.3) is 0 Å². The molecule has 28 heavy (non-hydrogen) atoms. The molecular weight excluding hydrogens is 348 g/mol. The third kappa shape index (κ3) is 3.70. The SMILES string of the molecule is CC(C)(N)C(=O)N1CCC2NNC(C(c3ccccc3)c3ccccc3)C2C1. The Morgan fingerprint density at radius 2 is 1.61 bits per heavy atom. The van der Waals surface area contributed by atoms with Crippen molar-refractivity contribution >= 4 is 5.91 Å². The highest BCUT2D eigenvalue weighted by Gasteiger charge is 2.45. The first-order valence-electron chi connectivity index (χ1n) is 10.1. The average molecular weight is 379 g/mol. The molecule has 148 valence electrons. The van der Waals surface area contributed by atoms with Crippen LogP contribution in [-0.4, -0.2) is 41.5 Å². The maximum absolute atomic E-state index is 12.8. The zero-order valence-electron chi connectivity index (χ0n) is 16.6. The standard InChI is InChI=1S/C23H30N4O/c1-23(2,24)22(28)27-14-13-19-18(15-27)21(26-25-19)20(16-9-5-3-6-10-16)17-11-7-4-8-12-17/h3-12,18-21,25-26H,13-15,24H2,1-2H3. The van der Waals surface area contributed by atoms with Gasteiger partial charge in [-0.05, 0) is 31.4 Å². The molecule has 5 heteroatoms. The highest BCUT2D eigenvalue weighted by atomic mass is 16.2. The molecule has 2 heterocycles. The van der Waals surface area contributed by atoms with Crippen LogP contribution < -0.4 is 16.6 Å². The Morgan fingerprint density at radius 3 is 2.14 bits per heavy atom. The third-order valence-electron chi connectivity index (χ3n) is 6.07. The number of nitrogens with one attached hydrogen (secondary N) is 2. The summed E-state index contributed by atoms with van der Waals surface area (Å²) in [6, 6.07) is 21.8. The molecule has 0 saturated carbocycles. The van der Waals surface area contributed by atoms with Crippen LogP contribution in [0.1, 0.15) is 37.3 Å². The van der Waals surface area contributed by atoms with Crippen molar-refractivity contribution in [3.8, 4) is 0 Å². The van der Waals surface area contributed by atoms with E-state index < -0.39 is 5.54 Å². The average Bonchev–Trinajstić information content (AvgIpc) is 3.11. The molecule has 4 N–H and O–H groups in total. The number of carbonyl (C=O) groups is 1. The second kappa shape index (κ2) is 7.66. The van der Waals surface area contributed by atoms with E-state index in [2.05, 4.69) is 71.5 Å². The normalized spacial score (nSPS) is 25.0. The van der Waals surface area contributed by atoms with Gasteiger partial charge in [0.15, 0.2) is 0 Å². The minimum Gasteiger partial charge on any atom is -0.341 e. The van der Waals surface area contributed by atoms with Crippen LogP contribution in [0, 0.1) is 5.92 Å². The molecule has 3 atom stereocenters. The predicted octanol–water partition coefficient (Wildman–Crippen LogP) is 2.25. The van der Waals surface area contributed by atoms with Crippen LogP contribution in [0.25, 0.3) is 0 Å². The highest BCUT2D eigenvalue weighted by molar-refractivity contribution is 5.85. The van der Waals surface area contributed by atoms with Crippen LogP contribution in [-0.2, 0) is 4.79 Å². The van der Waals surface area contributed by atoms with Gasteiger partial charge in [0, 0.05) is 37.0 Å². The number of likely N-dealkylation sites (tertiary alicyclic amines) is 1. The number of nitrogens with zero attached hydrogens (tertiary/aromatic N) is 1. The Morgan fingerprint density at radius 1 is 1.04 bits per heavy atom. The fourth-order valence-corrected chi connectivity index (χ4v) is 4.69. The highest BCUT2D eigenvalue weighted by Crippen LogP contribution is 2.37. The molecular formula is C23H30N4O. The van der Waals surface area contributed by atoms with Crippen LogP contribution in [0.5, 0.6) is 0 Å². The van der Waals surface area contributed by atoms with Crippen molar-refractivity contribution < 1.29 is 4.79 Å². The van der Waals surface area contributed by atoms with Crippen molar-refractivity contribution in [1.82, 2.24) is 15.8 Å². The fourth-order valence-electron chi connectivity index (χ4n) is 4.69. The maximum Gasteiger partial charge on any atom is 0.242 e. The molecule has 2 aromatic rings. The van der Waals surface area contributed by atoms with Crippen LogP contribution >= 0.6 is 0 Å². The van der Waals surface area contributed by atoms with Crippen molar-refractivity contribution in [3.63, 3.8) is 0 Å². The Kier molecular flexibility index (Phi) is 5.23. The van der Waals surface area contributed by atoms with E-state index in [1.165, 1.54) is 11.1 Å². The Balaban J connectivity index is 1.65. The second-order valence-corrected chi connectivity index (χ2v) is 8.65. The number of benzene rings is 2. The lowest BCUT2D eigenvalue weighted by atomic mass is 9.76. The molecule has 1 amide bonds. The zero-order chi connectivity index (χ0) is 19.7. The lowest BCUT2D eigenvalue weighted by Crippen LogP contribution is -2.57. The van der Waals surface area contributed by atoms with Crippen LogP contribution in [0.3, 0.4) is 0 Å². The van der Waals surface area contributed by atoms with E-state index >= 15 is 0 Å². The lowest BCUT2D eigenvalue weighted by Gasteiger charge is -2.40. The molecule has 2 aliphatic rings. The first-order valence-corrected chi connectivity index (χ1v) is 10.1. The van der Waals surface area contributed by atoms with Crippen molar-refractivity contribution in [2.45, 2.75) is 43.8 Å². The lowest BCUT2D eigenvalue weighted by molar-refractivity contribution is -0.137. The largest absolute Gasteiger partial charge is 0.341 e. The smallest absolute Gasteiger partial charge is 0.242 e. The fraction of sp³-hybridized carbons (Fsp3) is 0.435. The molecule has 4 rings (SSSR count). The van der Waals surface area contributed by atoms with Crippen LogP contribution in [0.15, 0.2) is 60.7 Å². The number of nitrogens with two attached hydrogens (primary N) is 1. The first kappa shape index (κ1) is 19.1. The summed E-state index contributed by atoms with van der Waals surface area (Å²) in [5, 5.41) is 0. The molecule has 2 saturated heterocycles. The third-order valence-corrected chi connectivity index (χ3v) is 6.07. The monoisotopic (exact) mass is 378 g/mol. The summed E-state index contributed by atoms with van der Waals surface area (Å²) in [6.07, 6.45) is 0.937. The van der Waals surface area contributed by atoms with Gasteiger partial charge in [0.1, 0.15) is 0 Å². The summed E-state index contributed by atoms with van der Waals surface area (Å²) in [6.45, 7) is 5.07. The number of hydrogen-bond acceptors (Lipinski definition) is 4. The number of rotatable bonds is 4. The maximum atomic E-state index is 12.8. The molecule has 0 aromatic heterocycles. The van der Waals surface area contributed by atoms with Crippen molar-refractivity contribution in [2.24, 2.45) is 11.7 Å². The zero-order valence-corrected chi connectivity index (χ0v) is 16.6. The van der Waals surface area contributed by atoms with E-state index in [0.29, 0.717) is 12.0 Å². The van der Waals surface area contributed by atoms with Gasteiger partial charge in [0.2, 0.25) is 5.91 Å². The van der Waals surface area contributed by atoms with E-state index in [1.54, 1.807) is 13.8 Å². The van der Waals surface area contributed by atoms with Gasteiger partial charge in [0.05, 0.1) is 5.54 Å². The molecule has 5 nitrogen and oxygen atoms in total. The summed E-state index contributed by atoms with van der Waals surface area (Å²) in [7, 11) is 0. The van der Waals surface area contributed by atoms with Crippen LogP contribution in [0.4, 0.5) is 0 Å². The van der Waals surface area contributed by atoms with Gasteiger partial charge in [-0.3, -0.25) is 15.6 Å². The number of piperidine rings is 1. The Labute approximate surface area is 167 Å².